The zero-order chi connectivity index (χ0) is 12.3. The van der Waals surface area contributed by atoms with Gasteiger partial charge >= 0.3 is 0 Å². The molecule has 3 nitrogen and oxygen atoms in total. The molecule has 17 heavy (non-hydrogen) atoms. The van der Waals surface area contributed by atoms with E-state index in [2.05, 4.69) is 35.8 Å². The van der Waals surface area contributed by atoms with Crippen molar-refractivity contribution in [2.24, 2.45) is 12.5 Å². The summed E-state index contributed by atoms with van der Waals surface area (Å²) in [5, 5.41) is 3.68. The number of hydrogen-bond donors (Lipinski definition) is 1. The Morgan fingerprint density at radius 3 is 2.71 bits per heavy atom. The monoisotopic (exact) mass is 235 g/mol. The molecule has 0 amide bonds. The minimum absolute atomic E-state index is 0.346. The van der Waals surface area contributed by atoms with Crippen molar-refractivity contribution in [2.45, 2.75) is 52.0 Å². The van der Waals surface area contributed by atoms with Crippen molar-refractivity contribution in [1.29, 1.82) is 0 Å². The van der Waals surface area contributed by atoms with Gasteiger partial charge in [0.05, 0.1) is 6.04 Å². The molecule has 1 saturated carbocycles. The van der Waals surface area contributed by atoms with E-state index in [4.69, 9.17) is 0 Å². The number of aryl methyl sites for hydroxylation is 1. The van der Waals surface area contributed by atoms with Gasteiger partial charge in [0.1, 0.15) is 5.82 Å². The Labute approximate surface area is 105 Å². The van der Waals surface area contributed by atoms with E-state index in [1.165, 1.54) is 32.1 Å². The highest BCUT2D eigenvalue weighted by molar-refractivity contribution is 4.98. The van der Waals surface area contributed by atoms with E-state index in [0.717, 1.165) is 12.4 Å². The van der Waals surface area contributed by atoms with Crippen LogP contribution in [-0.4, -0.2) is 16.1 Å². The van der Waals surface area contributed by atoms with Crippen LogP contribution in [-0.2, 0) is 7.05 Å². The van der Waals surface area contributed by atoms with E-state index in [-0.39, 0.29) is 0 Å². The van der Waals surface area contributed by atoms with Gasteiger partial charge in [0.2, 0.25) is 0 Å². The maximum Gasteiger partial charge on any atom is 0.125 e. The molecule has 1 aliphatic carbocycles. The lowest BCUT2D eigenvalue weighted by Gasteiger charge is -2.29. The van der Waals surface area contributed by atoms with Crippen LogP contribution in [0.4, 0.5) is 0 Å². The van der Waals surface area contributed by atoms with Gasteiger partial charge in [-0.2, -0.15) is 0 Å². The summed E-state index contributed by atoms with van der Waals surface area (Å²) < 4.78 is 2.10. The second-order valence-electron chi connectivity index (χ2n) is 5.56. The molecule has 1 aromatic rings. The molecule has 2 rings (SSSR count). The number of nitrogens with one attached hydrogen (secondary N) is 1. The molecule has 0 radical (unpaired) electrons. The Balaban J connectivity index is 1.91. The minimum atomic E-state index is 0.346. The molecule has 1 heterocycles. The van der Waals surface area contributed by atoms with Gasteiger partial charge in [-0.3, -0.25) is 0 Å². The number of hydrogen-bond acceptors (Lipinski definition) is 2. The molecule has 1 fully saturated rings. The van der Waals surface area contributed by atoms with Crippen molar-refractivity contribution in [1.82, 2.24) is 14.9 Å². The second-order valence-corrected chi connectivity index (χ2v) is 5.56. The molecule has 0 bridgehead atoms. The van der Waals surface area contributed by atoms with Crippen LogP contribution in [0.2, 0.25) is 0 Å². The average molecular weight is 235 g/mol. The van der Waals surface area contributed by atoms with Crippen LogP contribution < -0.4 is 5.32 Å². The first-order chi connectivity index (χ1) is 8.17. The maximum absolute atomic E-state index is 4.41. The Morgan fingerprint density at radius 1 is 1.47 bits per heavy atom. The lowest BCUT2D eigenvalue weighted by atomic mass is 9.83. The van der Waals surface area contributed by atoms with Crippen molar-refractivity contribution >= 4 is 0 Å². The van der Waals surface area contributed by atoms with Gasteiger partial charge in [-0.05, 0) is 31.6 Å². The van der Waals surface area contributed by atoms with Gasteiger partial charge in [0, 0.05) is 26.0 Å². The van der Waals surface area contributed by atoms with Crippen LogP contribution in [0.1, 0.15) is 57.8 Å². The van der Waals surface area contributed by atoms with Gasteiger partial charge in [-0.1, -0.05) is 19.8 Å². The predicted octanol–water partition coefficient (Wildman–Crippen LogP) is 3.04. The van der Waals surface area contributed by atoms with E-state index in [0.29, 0.717) is 11.5 Å². The van der Waals surface area contributed by atoms with E-state index in [1.54, 1.807) is 0 Å². The molecular formula is C14H25N3. The van der Waals surface area contributed by atoms with Crippen molar-refractivity contribution in [3.8, 4) is 0 Å². The summed E-state index contributed by atoms with van der Waals surface area (Å²) in [5.41, 5.74) is 0.555. The largest absolute Gasteiger partial charge is 0.337 e. The molecule has 0 spiro atoms. The molecule has 1 N–H and O–H groups in total. The molecule has 1 atom stereocenters. The fraction of sp³-hybridized carbons (Fsp3) is 0.786. The fourth-order valence-electron chi connectivity index (χ4n) is 3.04. The molecule has 1 aliphatic rings. The van der Waals surface area contributed by atoms with Gasteiger partial charge in [0.25, 0.3) is 0 Å². The normalized spacial score (nSPS) is 20.6. The summed E-state index contributed by atoms with van der Waals surface area (Å²) in [6.07, 6.45) is 10.8. The molecule has 3 heteroatoms. The quantitative estimate of drug-likeness (QED) is 0.850. The number of aromatic nitrogens is 2. The second kappa shape index (κ2) is 5.21. The molecule has 96 valence electrons. The Hall–Kier alpha value is -0.830. The first-order valence-corrected chi connectivity index (χ1v) is 6.87. The summed E-state index contributed by atoms with van der Waals surface area (Å²) in [5.74, 6) is 1.13. The number of nitrogens with zero attached hydrogens (tertiary/aromatic N) is 2. The van der Waals surface area contributed by atoms with Crippen molar-refractivity contribution in [3.05, 3.63) is 18.2 Å². The number of imidazole rings is 1. The first-order valence-electron chi connectivity index (χ1n) is 6.87. The van der Waals surface area contributed by atoms with Gasteiger partial charge in [-0.25, -0.2) is 4.98 Å². The van der Waals surface area contributed by atoms with Crippen LogP contribution in [0.15, 0.2) is 12.4 Å². The summed E-state index contributed by atoms with van der Waals surface area (Å²) in [6, 6.07) is 0.346. The third kappa shape index (κ3) is 2.71. The van der Waals surface area contributed by atoms with Crippen molar-refractivity contribution in [2.75, 3.05) is 6.54 Å². The van der Waals surface area contributed by atoms with E-state index >= 15 is 0 Å². The molecule has 1 aromatic heterocycles. The molecule has 0 aromatic carbocycles. The van der Waals surface area contributed by atoms with Crippen molar-refractivity contribution in [3.63, 3.8) is 0 Å². The third-order valence-electron chi connectivity index (χ3n) is 4.44. The van der Waals surface area contributed by atoms with Gasteiger partial charge < -0.3 is 9.88 Å². The van der Waals surface area contributed by atoms with Crippen LogP contribution in [0.3, 0.4) is 0 Å². The summed E-state index contributed by atoms with van der Waals surface area (Å²) in [7, 11) is 2.06. The van der Waals surface area contributed by atoms with Gasteiger partial charge in [0.15, 0.2) is 0 Å². The molecular weight excluding hydrogens is 210 g/mol. The highest BCUT2D eigenvalue weighted by atomic mass is 15.1. The van der Waals surface area contributed by atoms with Crippen LogP contribution in [0.25, 0.3) is 0 Å². The minimum Gasteiger partial charge on any atom is -0.337 e. The SMILES string of the molecule is CCC1(CNC(C)c2nccn2C)CCCC1. The zero-order valence-electron chi connectivity index (χ0n) is 11.4. The van der Waals surface area contributed by atoms with Crippen LogP contribution in [0.5, 0.6) is 0 Å². The molecule has 0 saturated heterocycles. The van der Waals surface area contributed by atoms with E-state index in [9.17, 15) is 0 Å². The summed E-state index contributed by atoms with van der Waals surface area (Å²) in [4.78, 5) is 4.41. The zero-order valence-corrected chi connectivity index (χ0v) is 11.4. The Kier molecular flexibility index (Phi) is 3.87. The standard InChI is InChI=1S/C14H25N3/c1-4-14(7-5-6-8-14)11-16-12(2)13-15-9-10-17(13)3/h9-10,12,16H,4-8,11H2,1-3H3. The lowest BCUT2D eigenvalue weighted by Crippen LogP contribution is -2.34. The highest BCUT2D eigenvalue weighted by Crippen LogP contribution is 2.40. The van der Waals surface area contributed by atoms with Crippen LogP contribution >= 0.6 is 0 Å². The molecule has 1 unspecified atom stereocenters. The van der Waals surface area contributed by atoms with Crippen LogP contribution in [0, 0.1) is 5.41 Å². The topological polar surface area (TPSA) is 29.9 Å². The highest BCUT2D eigenvalue weighted by Gasteiger charge is 2.32. The van der Waals surface area contributed by atoms with Gasteiger partial charge in [-0.15, -0.1) is 0 Å². The van der Waals surface area contributed by atoms with E-state index in [1.807, 2.05) is 12.4 Å². The van der Waals surface area contributed by atoms with Crippen molar-refractivity contribution < 1.29 is 0 Å². The predicted molar refractivity (Wildman–Crippen MR) is 70.8 cm³/mol. The summed E-state index contributed by atoms with van der Waals surface area (Å²) in [6.45, 7) is 5.68. The first kappa shape index (κ1) is 12.6. The smallest absolute Gasteiger partial charge is 0.125 e. The Morgan fingerprint density at radius 2 is 2.18 bits per heavy atom. The van der Waals surface area contributed by atoms with E-state index < -0.39 is 0 Å². The lowest BCUT2D eigenvalue weighted by molar-refractivity contribution is 0.256. The fourth-order valence-corrected chi connectivity index (χ4v) is 3.04. The number of rotatable bonds is 5. The third-order valence-corrected chi connectivity index (χ3v) is 4.44. The molecule has 0 aliphatic heterocycles. The maximum atomic E-state index is 4.41. The Bertz CT molecular complexity index is 350. The summed E-state index contributed by atoms with van der Waals surface area (Å²) >= 11 is 0. The average Bonchev–Trinajstić information content (AvgIpc) is 2.95.